The number of sulfonamides is 1. The number of nitrogens with one attached hydrogen (secondary N) is 1. The van der Waals surface area contributed by atoms with Crippen molar-refractivity contribution < 1.29 is 22.9 Å². The third-order valence-electron chi connectivity index (χ3n) is 2.31. The second-order valence-electron chi connectivity index (χ2n) is 3.61. The molecule has 19 heavy (non-hydrogen) atoms. The molecule has 0 bridgehead atoms. The number of ether oxygens (including phenoxy) is 1. The zero-order valence-electron chi connectivity index (χ0n) is 10.2. The highest BCUT2D eigenvalue weighted by atomic mass is 32.2. The van der Waals surface area contributed by atoms with Gasteiger partial charge >= 0.3 is 5.97 Å². The molecule has 0 aliphatic rings. The van der Waals surface area contributed by atoms with Crippen molar-refractivity contribution in [2.45, 2.75) is 11.8 Å². The summed E-state index contributed by atoms with van der Waals surface area (Å²) in [5, 5.41) is 10.6. The van der Waals surface area contributed by atoms with Crippen LogP contribution in [0.2, 0.25) is 0 Å². The molecule has 0 aliphatic carbocycles. The Labute approximate surface area is 109 Å². The van der Waals surface area contributed by atoms with Gasteiger partial charge in [0, 0.05) is 12.1 Å². The van der Waals surface area contributed by atoms with Gasteiger partial charge in [0.15, 0.2) is 0 Å². The van der Waals surface area contributed by atoms with Crippen molar-refractivity contribution in [2.24, 2.45) is 0 Å². The van der Waals surface area contributed by atoms with E-state index >= 15 is 0 Å². The molecule has 0 unspecified atom stereocenters. The van der Waals surface area contributed by atoms with E-state index in [1.165, 1.54) is 19.1 Å². The second kappa shape index (κ2) is 5.76. The van der Waals surface area contributed by atoms with Crippen LogP contribution in [0.5, 0.6) is 0 Å². The molecule has 1 aromatic carbocycles. The van der Waals surface area contributed by atoms with E-state index in [4.69, 9.17) is 0 Å². The highest BCUT2D eigenvalue weighted by molar-refractivity contribution is 7.89. The lowest BCUT2D eigenvalue weighted by Gasteiger charge is -2.08. The normalized spacial score (nSPS) is 11.1. The zero-order chi connectivity index (χ0) is 14.6. The molecule has 0 heterocycles. The average molecular weight is 288 g/mol. The number of hydrogen-bond donors (Lipinski definition) is 1. The van der Waals surface area contributed by atoms with Crippen molar-refractivity contribution >= 4 is 21.7 Å². The molecule has 0 aliphatic heterocycles. The van der Waals surface area contributed by atoms with Gasteiger partial charge in [-0.05, 0) is 12.5 Å². The minimum absolute atomic E-state index is 0.245. The smallest absolute Gasteiger partial charge is 0.320 e. The lowest BCUT2D eigenvalue weighted by atomic mass is 10.2. The first kappa shape index (κ1) is 15.1. The van der Waals surface area contributed by atoms with Crippen molar-refractivity contribution in [1.29, 1.82) is 0 Å². The molecule has 0 saturated carbocycles. The summed E-state index contributed by atoms with van der Waals surface area (Å²) in [7, 11) is -2.89. The predicted octanol–water partition coefficient (Wildman–Crippen LogP) is 0.355. The molecule has 0 amide bonds. The Kier molecular flexibility index (Phi) is 4.57. The maximum absolute atomic E-state index is 11.9. The molecule has 0 spiro atoms. The van der Waals surface area contributed by atoms with Crippen LogP contribution in [0.25, 0.3) is 0 Å². The minimum Gasteiger partial charge on any atom is -0.468 e. The van der Waals surface area contributed by atoms with Gasteiger partial charge < -0.3 is 4.74 Å². The maximum Gasteiger partial charge on any atom is 0.320 e. The molecule has 0 atom stereocenters. The van der Waals surface area contributed by atoms with Crippen LogP contribution in [0.1, 0.15) is 5.56 Å². The van der Waals surface area contributed by atoms with Gasteiger partial charge in [0.25, 0.3) is 5.69 Å². The summed E-state index contributed by atoms with van der Waals surface area (Å²) in [5.74, 6) is -0.758. The number of hydrogen-bond acceptors (Lipinski definition) is 6. The molecule has 1 rings (SSSR count). The number of nitro groups is 1. The highest BCUT2D eigenvalue weighted by Gasteiger charge is 2.21. The first-order valence-corrected chi connectivity index (χ1v) is 6.58. The van der Waals surface area contributed by atoms with E-state index in [1.807, 2.05) is 4.72 Å². The van der Waals surface area contributed by atoms with Gasteiger partial charge in [-0.15, -0.1) is 0 Å². The number of benzene rings is 1. The summed E-state index contributed by atoms with van der Waals surface area (Å²) in [5.41, 5.74) is -0.00740. The lowest BCUT2D eigenvalue weighted by Crippen LogP contribution is -2.30. The number of carbonyl (C=O) groups is 1. The molecule has 1 aromatic rings. The number of rotatable bonds is 5. The molecule has 0 radical (unpaired) electrons. The number of aryl methyl sites for hydroxylation is 1. The van der Waals surface area contributed by atoms with Crippen molar-refractivity contribution in [3.8, 4) is 0 Å². The topological polar surface area (TPSA) is 116 Å². The molecule has 104 valence electrons. The number of esters is 1. The van der Waals surface area contributed by atoms with Crippen LogP contribution in [-0.2, 0) is 19.6 Å². The molecular formula is C10H12N2O6S. The van der Waals surface area contributed by atoms with Gasteiger partial charge in [0.05, 0.1) is 16.9 Å². The summed E-state index contributed by atoms with van der Waals surface area (Å²) in [4.78, 5) is 20.6. The first-order chi connectivity index (χ1) is 8.77. The third kappa shape index (κ3) is 3.73. The summed E-state index contributed by atoms with van der Waals surface area (Å²) in [6, 6.07) is 3.47. The Morgan fingerprint density at radius 1 is 1.47 bits per heavy atom. The van der Waals surface area contributed by atoms with Crippen molar-refractivity contribution in [3.05, 3.63) is 33.9 Å². The number of non-ortho nitro benzene ring substituents is 1. The summed E-state index contributed by atoms with van der Waals surface area (Å²) in [6.07, 6.45) is 0. The van der Waals surface area contributed by atoms with Gasteiger partial charge in [-0.1, -0.05) is 6.07 Å². The van der Waals surface area contributed by atoms with Crippen LogP contribution in [-0.4, -0.2) is 33.0 Å². The number of nitrogens with zero attached hydrogens (tertiary/aromatic N) is 1. The quantitative estimate of drug-likeness (QED) is 0.475. The lowest BCUT2D eigenvalue weighted by molar-refractivity contribution is -0.385. The van der Waals surface area contributed by atoms with E-state index in [1.54, 1.807) is 0 Å². The van der Waals surface area contributed by atoms with Crippen LogP contribution in [0.4, 0.5) is 5.69 Å². The number of nitro benzene ring substituents is 1. The largest absolute Gasteiger partial charge is 0.468 e. The van der Waals surface area contributed by atoms with Crippen molar-refractivity contribution in [3.63, 3.8) is 0 Å². The predicted molar refractivity (Wildman–Crippen MR) is 65.0 cm³/mol. The van der Waals surface area contributed by atoms with Gasteiger partial charge in [-0.3, -0.25) is 14.9 Å². The molecule has 1 N–H and O–H groups in total. The van der Waals surface area contributed by atoms with Gasteiger partial charge in [0.2, 0.25) is 10.0 Å². The molecule has 9 heteroatoms. The van der Waals surface area contributed by atoms with E-state index in [2.05, 4.69) is 4.74 Å². The summed E-state index contributed by atoms with van der Waals surface area (Å²) >= 11 is 0. The molecule has 0 saturated heterocycles. The fourth-order valence-electron chi connectivity index (χ4n) is 1.30. The standard InChI is InChI=1S/C10H12N2O6S/c1-7-3-4-8(12(14)15)5-9(7)19(16,17)11-6-10(13)18-2/h3-5,11H,6H2,1-2H3. The van der Waals surface area contributed by atoms with Gasteiger partial charge in [0.1, 0.15) is 6.54 Å². The maximum atomic E-state index is 11.9. The Bertz CT molecular complexity index is 610. The Hall–Kier alpha value is -2.00. The van der Waals surface area contributed by atoms with Crippen LogP contribution in [0.3, 0.4) is 0 Å². The van der Waals surface area contributed by atoms with Crippen molar-refractivity contribution in [1.82, 2.24) is 4.72 Å². The van der Waals surface area contributed by atoms with Crippen molar-refractivity contribution in [2.75, 3.05) is 13.7 Å². The van der Waals surface area contributed by atoms with Crippen LogP contribution >= 0.6 is 0 Å². The van der Waals surface area contributed by atoms with E-state index in [0.717, 1.165) is 13.2 Å². The zero-order valence-corrected chi connectivity index (χ0v) is 11.1. The Balaban J connectivity index is 3.10. The van der Waals surface area contributed by atoms with E-state index < -0.39 is 27.5 Å². The monoisotopic (exact) mass is 288 g/mol. The Morgan fingerprint density at radius 2 is 2.11 bits per heavy atom. The Morgan fingerprint density at radius 3 is 2.63 bits per heavy atom. The second-order valence-corrected chi connectivity index (χ2v) is 5.34. The molecule has 0 fully saturated rings. The fourth-order valence-corrected chi connectivity index (χ4v) is 2.53. The third-order valence-corrected chi connectivity index (χ3v) is 3.85. The van der Waals surface area contributed by atoms with Gasteiger partial charge in [-0.2, -0.15) is 4.72 Å². The van der Waals surface area contributed by atoms with Gasteiger partial charge in [-0.25, -0.2) is 8.42 Å². The van der Waals surface area contributed by atoms with E-state index in [0.29, 0.717) is 5.56 Å². The minimum atomic E-state index is -4.01. The number of carbonyl (C=O) groups excluding carboxylic acids is 1. The van der Waals surface area contributed by atoms with Crippen LogP contribution in [0.15, 0.2) is 23.1 Å². The van der Waals surface area contributed by atoms with Crippen LogP contribution in [0, 0.1) is 17.0 Å². The molecule has 0 aromatic heterocycles. The first-order valence-electron chi connectivity index (χ1n) is 5.09. The van der Waals surface area contributed by atoms with E-state index in [-0.39, 0.29) is 10.6 Å². The van der Waals surface area contributed by atoms with Crippen LogP contribution < -0.4 is 4.72 Å². The summed E-state index contributed by atoms with van der Waals surface area (Å²) < 4.78 is 30.1. The number of methoxy groups -OCH3 is 1. The van der Waals surface area contributed by atoms with E-state index in [9.17, 15) is 23.3 Å². The SMILES string of the molecule is COC(=O)CNS(=O)(=O)c1cc([N+](=O)[O-])ccc1C. The highest BCUT2D eigenvalue weighted by Crippen LogP contribution is 2.21. The molecular weight excluding hydrogens is 276 g/mol. The molecule has 8 nitrogen and oxygen atoms in total. The fraction of sp³-hybridized carbons (Fsp3) is 0.300. The average Bonchev–Trinajstić information content (AvgIpc) is 2.36. The summed E-state index contributed by atoms with van der Waals surface area (Å²) in [6.45, 7) is 0.956.